The minimum atomic E-state index is 0.638. The van der Waals surface area contributed by atoms with E-state index in [4.69, 9.17) is 4.74 Å². The van der Waals surface area contributed by atoms with E-state index in [0.717, 1.165) is 19.6 Å². The van der Waals surface area contributed by atoms with Gasteiger partial charge in [0.15, 0.2) is 8.30 Å². The molecule has 4 nitrogen and oxygen atoms in total. The highest BCUT2D eigenvalue weighted by molar-refractivity contribution is 14.1. The van der Waals surface area contributed by atoms with Crippen LogP contribution in [0.4, 0.5) is 0 Å². The van der Waals surface area contributed by atoms with E-state index in [-0.39, 0.29) is 0 Å². The van der Waals surface area contributed by atoms with Gasteiger partial charge in [-0.1, -0.05) is 12.1 Å². The Bertz CT molecular complexity index is 481. The van der Waals surface area contributed by atoms with E-state index in [9.17, 15) is 0 Å². The molecule has 0 aliphatic heterocycles. The maximum Gasteiger partial charge on any atom is 0.161 e. The highest BCUT2D eigenvalue weighted by Gasteiger charge is 2.05. The van der Waals surface area contributed by atoms with Gasteiger partial charge in [-0.25, -0.2) is 0 Å². The monoisotopic (exact) mass is 393 g/mol. The van der Waals surface area contributed by atoms with Gasteiger partial charge in [0.2, 0.25) is 0 Å². The number of hydrogen-bond donors (Lipinski definition) is 0. The van der Waals surface area contributed by atoms with Crippen molar-refractivity contribution in [1.82, 2.24) is 15.0 Å². The zero-order chi connectivity index (χ0) is 11.5. The third kappa shape index (κ3) is 2.73. The minimum absolute atomic E-state index is 0.638. The molecule has 0 atom stereocenters. The Morgan fingerprint density at radius 1 is 1.44 bits per heavy atom. The molecule has 84 valence electrons. The largest absolute Gasteiger partial charge is 0.497 e. The lowest BCUT2D eigenvalue weighted by Crippen LogP contribution is -2.04. The van der Waals surface area contributed by atoms with Crippen molar-refractivity contribution < 1.29 is 4.74 Å². The molecule has 0 aliphatic carbocycles. The molecule has 0 saturated carbocycles. The van der Waals surface area contributed by atoms with Crippen LogP contribution in [-0.4, -0.2) is 22.1 Å². The summed E-state index contributed by atoms with van der Waals surface area (Å²) in [6, 6.07) is 7.87. The Kier molecular flexibility index (Phi) is 3.80. The number of hydrogen-bond acceptors (Lipinski definition) is 3. The molecule has 2 rings (SSSR count). The zero-order valence-corrected chi connectivity index (χ0v) is 12.3. The molecule has 0 spiro atoms. The molecule has 0 unspecified atom stereocenters. The summed E-state index contributed by atoms with van der Waals surface area (Å²) < 4.78 is 6.80. The summed E-state index contributed by atoms with van der Waals surface area (Å²) >= 11 is 5.47. The molecule has 1 aromatic carbocycles. The van der Waals surface area contributed by atoms with Gasteiger partial charge < -0.3 is 4.74 Å². The predicted molar refractivity (Wildman–Crippen MR) is 72.5 cm³/mol. The second-order valence-corrected chi connectivity index (χ2v) is 4.94. The Morgan fingerprint density at radius 2 is 2.25 bits per heavy atom. The molecule has 0 amide bonds. The first-order valence-electron chi connectivity index (χ1n) is 4.58. The van der Waals surface area contributed by atoms with E-state index >= 15 is 0 Å². The van der Waals surface area contributed by atoms with E-state index in [0.29, 0.717) is 6.54 Å². The van der Waals surface area contributed by atoms with Crippen LogP contribution in [0.25, 0.3) is 0 Å². The van der Waals surface area contributed by atoms with Crippen molar-refractivity contribution >= 4 is 38.5 Å². The van der Waals surface area contributed by atoms with Gasteiger partial charge in [0.05, 0.1) is 13.7 Å². The van der Waals surface area contributed by atoms with Crippen molar-refractivity contribution in [2.45, 2.75) is 6.54 Å². The molecule has 0 N–H and O–H groups in total. The number of rotatable bonds is 3. The number of nitrogens with zero attached hydrogens (tertiary/aromatic N) is 3. The fourth-order valence-corrected chi connectivity index (χ4v) is 1.93. The van der Waals surface area contributed by atoms with Crippen molar-refractivity contribution in [2.24, 2.45) is 0 Å². The summed E-state index contributed by atoms with van der Waals surface area (Å²) in [7, 11) is 1.66. The second kappa shape index (κ2) is 5.13. The molecule has 2 aromatic rings. The first kappa shape index (κ1) is 11.8. The fourth-order valence-electron chi connectivity index (χ4n) is 1.31. The van der Waals surface area contributed by atoms with Crippen LogP contribution in [-0.2, 0) is 6.54 Å². The van der Waals surface area contributed by atoms with Crippen LogP contribution in [0.15, 0.2) is 28.9 Å². The average molecular weight is 394 g/mol. The topological polar surface area (TPSA) is 39.9 Å². The van der Waals surface area contributed by atoms with Crippen molar-refractivity contribution in [2.75, 3.05) is 7.11 Å². The van der Waals surface area contributed by atoms with Gasteiger partial charge >= 0.3 is 0 Å². The number of benzene rings is 1. The van der Waals surface area contributed by atoms with Crippen LogP contribution in [0.1, 0.15) is 5.56 Å². The molecule has 0 radical (unpaired) electrons. The summed E-state index contributed by atoms with van der Waals surface area (Å²) in [6.07, 6.45) is 0. The van der Waals surface area contributed by atoms with Crippen molar-refractivity contribution in [3.8, 4) is 5.75 Å². The molecule has 0 aliphatic rings. The van der Waals surface area contributed by atoms with Gasteiger partial charge in [-0.05, 0) is 56.2 Å². The fraction of sp³-hybridized carbons (Fsp3) is 0.200. The lowest BCUT2D eigenvalue weighted by molar-refractivity contribution is 0.414. The van der Waals surface area contributed by atoms with Crippen molar-refractivity contribution in [3.63, 3.8) is 0 Å². The van der Waals surface area contributed by atoms with Gasteiger partial charge in [-0.15, -0.1) is 10.2 Å². The Morgan fingerprint density at radius 3 is 2.88 bits per heavy atom. The van der Waals surface area contributed by atoms with Crippen LogP contribution in [0.2, 0.25) is 0 Å². The molecule has 0 saturated heterocycles. The highest BCUT2D eigenvalue weighted by Crippen LogP contribution is 2.16. The highest BCUT2D eigenvalue weighted by atomic mass is 127. The first-order valence-corrected chi connectivity index (χ1v) is 6.45. The molecule has 0 bridgehead atoms. The van der Waals surface area contributed by atoms with Crippen LogP contribution in [0, 0.1) is 3.70 Å². The summed E-state index contributed by atoms with van der Waals surface area (Å²) in [6.45, 7) is 0.638. The molecule has 1 heterocycles. The molecule has 16 heavy (non-hydrogen) atoms. The number of aromatic nitrogens is 3. The van der Waals surface area contributed by atoms with E-state index < -0.39 is 0 Å². The lowest BCUT2D eigenvalue weighted by Gasteiger charge is -2.03. The summed E-state index contributed by atoms with van der Waals surface area (Å²) in [5.74, 6) is 0.846. The summed E-state index contributed by atoms with van der Waals surface area (Å²) in [5, 5.41) is 8.50. The van der Waals surface area contributed by atoms with E-state index in [2.05, 4.69) is 48.7 Å². The Labute approximate surface area is 115 Å². The smallest absolute Gasteiger partial charge is 0.161 e. The van der Waals surface area contributed by atoms with Crippen LogP contribution in [0.5, 0.6) is 5.75 Å². The lowest BCUT2D eigenvalue weighted by atomic mass is 10.2. The molecule has 6 heteroatoms. The number of methoxy groups -OCH3 is 1. The van der Waals surface area contributed by atoms with E-state index in [1.165, 1.54) is 0 Å². The number of ether oxygens (including phenoxy) is 1. The average Bonchev–Trinajstić information content (AvgIpc) is 2.58. The van der Waals surface area contributed by atoms with Crippen molar-refractivity contribution in [1.29, 1.82) is 0 Å². The standard InChI is InChI=1S/C10H9BrIN3O/c1-16-8-4-2-3-7(5-8)6-15-13-9(11)10(12)14-15/h2-5H,6H2,1H3. The minimum Gasteiger partial charge on any atom is -0.497 e. The molecule has 1 aromatic heterocycles. The van der Waals surface area contributed by atoms with Gasteiger partial charge in [0.1, 0.15) is 5.75 Å². The Balaban J connectivity index is 2.20. The van der Waals surface area contributed by atoms with Gasteiger partial charge in [0, 0.05) is 0 Å². The maximum absolute atomic E-state index is 5.16. The first-order chi connectivity index (χ1) is 7.69. The summed E-state index contributed by atoms with van der Waals surface area (Å²) in [4.78, 5) is 1.65. The second-order valence-electron chi connectivity index (χ2n) is 3.16. The van der Waals surface area contributed by atoms with E-state index in [1.54, 1.807) is 11.9 Å². The third-order valence-electron chi connectivity index (χ3n) is 2.03. The van der Waals surface area contributed by atoms with Crippen LogP contribution >= 0.6 is 38.5 Å². The third-order valence-corrected chi connectivity index (χ3v) is 4.04. The van der Waals surface area contributed by atoms with Crippen LogP contribution in [0.3, 0.4) is 0 Å². The van der Waals surface area contributed by atoms with Gasteiger partial charge in [-0.2, -0.15) is 4.80 Å². The molecular weight excluding hydrogens is 385 g/mol. The van der Waals surface area contributed by atoms with Gasteiger partial charge in [-0.3, -0.25) is 0 Å². The zero-order valence-electron chi connectivity index (χ0n) is 8.52. The summed E-state index contributed by atoms with van der Waals surface area (Å²) in [5.41, 5.74) is 1.11. The predicted octanol–water partition coefficient (Wildman–Crippen LogP) is 2.70. The number of halogens is 2. The van der Waals surface area contributed by atoms with Crippen molar-refractivity contribution in [3.05, 3.63) is 38.1 Å². The molecular formula is C10H9BrIN3O. The Hall–Kier alpha value is -0.630. The van der Waals surface area contributed by atoms with Crippen LogP contribution < -0.4 is 4.74 Å². The SMILES string of the molecule is COc1cccc(Cn2nc(Br)c(I)n2)c1. The quantitative estimate of drug-likeness (QED) is 0.752. The molecule has 0 fully saturated rings. The maximum atomic E-state index is 5.16. The normalized spacial score (nSPS) is 10.4. The van der Waals surface area contributed by atoms with Gasteiger partial charge in [0.25, 0.3) is 0 Å². The van der Waals surface area contributed by atoms with E-state index in [1.807, 2.05) is 24.3 Å².